The molecule has 0 spiro atoms. The van der Waals surface area contributed by atoms with Gasteiger partial charge in [0.25, 0.3) is 0 Å². The van der Waals surface area contributed by atoms with E-state index >= 15 is 0 Å². The van der Waals surface area contributed by atoms with Crippen LogP contribution < -0.4 is 5.32 Å². The molecule has 0 aromatic carbocycles. The molecule has 1 saturated heterocycles. The van der Waals surface area contributed by atoms with E-state index in [1.54, 1.807) is 16.8 Å². The summed E-state index contributed by atoms with van der Waals surface area (Å²) in [5.74, 6) is 0. The van der Waals surface area contributed by atoms with Crippen molar-refractivity contribution in [3.63, 3.8) is 0 Å². The molecule has 0 aliphatic carbocycles. The first-order valence-corrected chi connectivity index (χ1v) is 4.42. The van der Waals surface area contributed by atoms with Crippen molar-refractivity contribution in [2.45, 2.75) is 6.04 Å². The van der Waals surface area contributed by atoms with Gasteiger partial charge in [-0.2, -0.15) is 0 Å². The van der Waals surface area contributed by atoms with Crippen molar-refractivity contribution in [3.05, 3.63) is 10.5 Å². The number of morpholine rings is 1. The maximum absolute atomic E-state index is 5.28. The molecule has 1 aliphatic heterocycles. The van der Waals surface area contributed by atoms with Gasteiger partial charge >= 0.3 is 0 Å². The van der Waals surface area contributed by atoms with Crippen LogP contribution in [-0.2, 0) is 4.74 Å². The highest BCUT2D eigenvalue weighted by atomic mass is 32.1. The average molecular weight is 171 g/mol. The second-order valence-corrected chi connectivity index (χ2v) is 3.22. The van der Waals surface area contributed by atoms with Gasteiger partial charge in [0.15, 0.2) is 0 Å². The van der Waals surface area contributed by atoms with Gasteiger partial charge in [-0.15, -0.1) is 21.5 Å². The molecule has 2 rings (SSSR count). The molecule has 5 heteroatoms. The van der Waals surface area contributed by atoms with Gasteiger partial charge in [0.2, 0.25) is 0 Å². The lowest BCUT2D eigenvalue weighted by Gasteiger charge is -2.21. The minimum atomic E-state index is 0.260. The number of nitrogens with one attached hydrogen (secondary N) is 1. The molecule has 4 nitrogen and oxygen atoms in total. The minimum Gasteiger partial charge on any atom is -0.378 e. The van der Waals surface area contributed by atoms with E-state index in [1.807, 2.05) is 0 Å². The van der Waals surface area contributed by atoms with Crippen LogP contribution in [0, 0.1) is 0 Å². The number of hydrogen-bond acceptors (Lipinski definition) is 5. The van der Waals surface area contributed by atoms with Crippen LogP contribution in [0.3, 0.4) is 0 Å². The third-order valence-electron chi connectivity index (χ3n) is 1.60. The fourth-order valence-corrected chi connectivity index (χ4v) is 1.67. The highest BCUT2D eigenvalue weighted by Crippen LogP contribution is 2.15. The largest absolute Gasteiger partial charge is 0.378 e. The van der Waals surface area contributed by atoms with Gasteiger partial charge in [-0.1, -0.05) is 0 Å². The lowest BCUT2D eigenvalue weighted by atomic mass is 10.3. The van der Waals surface area contributed by atoms with Gasteiger partial charge in [-0.25, -0.2) is 0 Å². The maximum atomic E-state index is 5.28. The summed E-state index contributed by atoms with van der Waals surface area (Å²) >= 11 is 1.56. The lowest BCUT2D eigenvalue weighted by molar-refractivity contribution is 0.0766. The zero-order valence-electron chi connectivity index (χ0n) is 5.99. The number of ether oxygens (including phenoxy) is 1. The summed E-state index contributed by atoms with van der Waals surface area (Å²) < 4.78 is 5.28. The zero-order chi connectivity index (χ0) is 7.52. The summed E-state index contributed by atoms with van der Waals surface area (Å²) in [4.78, 5) is 0. The Bertz CT molecular complexity index is 208. The lowest BCUT2D eigenvalue weighted by Crippen LogP contribution is -2.34. The zero-order valence-corrected chi connectivity index (χ0v) is 6.80. The first-order chi connectivity index (χ1) is 5.47. The standard InChI is InChI=1S/C6H9N3OS/c1-2-10-3-5(7-1)6-9-8-4-11-6/h4-5,7H,1-3H2. The van der Waals surface area contributed by atoms with Crippen molar-refractivity contribution < 1.29 is 4.74 Å². The molecule has 1 aliphatic rings. The molecular weight excluding hydrogens is 162 g/mol. The summed E-state index contributed by atoms with van der Waals surface area (Å²) in [5.41, 5.74) is 1.74. The molecule has 1 N–H and O–H groups in total. The molecule has 0 bridgehead atoms. The van der Waals surface area contributed by atoms with Crippen molar-refractivity contribution in [1.82, 2.24) is 15.5 Å². The topological polar surface area (TPSA) is 47.0 Å². The Morgan fingerprint density at radius 2 is 2.73 bits per heavy atom. The van der Waals surface area contributed by atoms with Gasteiger partial charge in [0.1, 0.15) is 10.5 Å². The fourth-order valence-electron chi connectivity index (χ4n) is 1.06. The first-order valence-electron chi connectivity index (χ1n) is 3.54. The molecule has 0 radical (unpaired) electrons. The van der Waals surface area contributed by atoms with E-state index in [-0.39, 0.29) is 6.04 Å². The van der Waals surface area contributed by atoms with Crippen LogP contribution in [-0.4, -0.2) is 30.0 Å². The van der Waals surface area contributed by atoms with E-state index in [0.717, 1.165) is 24.8 Å². The molecule has 0 saturated carbocycles. The minimum absolute atomic E-state index is 0.260. The molecular formula is C6H9N3OS. The Morgan fingerprint density at radius 3 is 3.36 bits per heavy atom. The average Bonchev–Trinajstić information content (AvgIpc) is 2.58. The van der Waals surface area contributed by atoms with Crippen LogP contribution in [0.2, 0.25) is 0 Å². The monoisotopic (exact) mass is 171 g/mol. The van der Waals surface area contributed by atoms with Gasteiger partial charge in [-0.3, -0.25) is 0 Å². The quantitative estimate of drug-likeness (QED) is 0.655. The van der Waals surface area contributed by atoms with E-state index in [9.17, 15) is 0 Å². The molecule has 1 fully saturated rings. The molecule has 0 amide bonds. The molecule has 1 atom stereocenters. The van der Waals surface area contributed by atoms with E-state index in [0.29, 0.717) is 0 Å². The van der Waals surface area contributed by atoms with Crippen LogP contribution in [0.5, 0.6) is 0 Å². The van der Waals surface area contributed by atoms with Gasteiger partial charge in [-0.05, 0) is 0 Å². The molecule has 2 heterocycles. The van der Waals surface area contributed by atoms with E-state index in [4.69, 9.17) is 4.74 Å². The number of aromatic nitrogens is 2. The van der Waals surface area contributed by atoms with Crippen LogP contribution in [0.25, 0.3) is 0 Å². The summed E-state index contributed by atoms with van der Waals surface area (Å²) in [5, 5.41) is 12.1. The van der Waals surface area contributed by atoms with Gasteiger partial charge in [0, 0.05) is 6.54 Å². The highest BCUT2D eigenvalue weighted by Gasteiger charge is 2.17. The van der Waals surface area contributed by atoms with Crippen LogP contribution >= 0.6 is 11.3 Å². The van der Waals surface area contributed by atoms with E-state index in [1.165, 1.54) is 0 Å². The normalized spacial score (nSPS) is 25.3. The second-order valence-electron chi connectivity index (χ2n) is 2.36. The van der Waals surface area contributed by atoms with Crippen molar-refractivity contribution in [1.29, 1.82) is 0 Å². The number of rotatable bonds is 1. The van der Waals surface area contributed by atoms with Crippen LogP contribution in [0.4, 0.5) is 0 Å². The Kier molecular flexibility index (Phi) is 2.11. The summed E-state index contributed by atoms with van der Waals surface area (Å²) in [6.07, 6.45) is 0. The van der Waals surface area contributed by atoms with Gasteiger partial charge < -0.3 is 10.1 Å². The van der Waals surface area contributed by atoms with Crippen molar-refractivity contribution in [3.8, 4) is 0 Å². The smallest absolute Gasteiger partial charge is 0.136 e. The fraction of sp³-hybridized carbons (Fsp3) is 0.667. The molecule has 1 aromatic heterocycles. The third-order valence-corrected chi connectivity index (χ3v) is 2.40. The number of hydrogen-bond donors (Lipinski definition) is 1. The Labute approximate surface area is 68.6 Å². The van der Waals surface area contributed by atoms with Crippen molar-refractivity contribution in [2.24, 2.45) is 0 Å². The van der Waals surface area contributed by atoms with Crippen molar-refractivity contribution >= 4 is 11.3 Å². The maximum Gasteiger partial charge on any atom is 0.136 e. The summed E-state index contributed by atoms with van der Waals surface area (Å²) in [6, 6.07) is 0.260. The molecule has 1 unspecified atom stereocenters. The highest BCUT2D eigenvalue weighted by molar-refractivity contribution is 7.09. The third kappa shape index (κ3) is 1.55. The summed E-state index contributed by atoms with van der Waals surface area (Å²) in [7, 11) is 0. The van der Waals surface area contributed by atoms with Crippen LogP contribution in [0.15, 0.2) is 5.51 Å². The molecule has 11 heavy (non-hydrogen) atoms. The van der Waals surface area contributed by atoms with E-state index in [2.05, 4.69) is 15.5 Å². The first kappa shape index (κ1) is 7.15. The Hall–Kier alpha value is -0.520. The Balaban J connectivity index is 2.04. The molecule has 1 aromatic rings. The molecule has 60 valence electrons. The van der Waals surface area contributed by atoms with Crippen LogP contribution in [0.1, 0.15) is 11.0 Å². The summed E-state index contributed by atoms with van der Waals surface area (Å²) in [6.45, 7) is 2.43. The second kappa shape index (κ2) is 3.25. The predicted octanol–water partition coefficient (Wildman–Crippen LogP) is 0.199. The predicted molar refractivity (Wildman–Crippen MR) is 41.5 cm³/mol. The Morgan fingerprint density at radius 1 is 1.73 bits per heavy atom. The van der Waals surface area contributed by atoms with Gasteiger partial charge in [0.05, 0.1) is 19.3 Å². The van der Waals surface area contributed by atoms with E-state index < -0.39 is 0 Å². The number of nitrogens with zero attached hydrogens (tertiary/aromatic N) is 2. The van der Waals surface area contributed by atoms with Crippen molar-refractivity contribution in [2.75, 3.05) is 19.8 Å². The SMILES string of the molecule is c1nnc(C2COCCN2)s1.